The van der Waals surface area contributed by atoms with E-state index < -0.39 is 22.1 Å². The maximum Gasteiger partial charge on any atom is 0.254 e. The van der Waals surface area contributed by atoms with Gasteiger partial charge >= 0.3 is 0 Å². The Bertz CT molecular complexity index is 1290. The number of hydrogen-bond donors (Lipinski definition) is 1. The molecule has 0 amide bonds. The van der Waals surface area contributed by atoms with Gasteiger partial charge in [-0.2, -0.15) is 0 Å². The third kappa shape index (κ3) is 4.54. The third-order valence-corrected chi connectivity index (χ3v) is 6.86. The van der Waals surface area contributed by atoms with Gasteiger partial charge in [-0.3, -0.25) is 4.79 Å². The molecular weight excluding hydrogens is 427 g/mol. The summed E-state index contributed by atoms with van der Waals surface area (Å²) in [5.41, 5.74) is 3.10. The minimum atomic E-state index is -3.50. The second-order valence-electron chi connectivity index (χ2n) is 8.33. The van der Waals surface area contributed by atoms with E-state index in [2.05, 4.69) is 4.72 Å². The summed E-state index contributed by atoms with van der Waals surface area (Å²) in [7, 11) is -3.50. The molecule has 0 unspecified atom stereocenters. The van der Waals surface area contributed by atoms with E-state index in [1.165, 1.54) is 0 Å². The van der Waals surface area contributed by atoms with E-state index in [0.717, 1.165) is 17.5 Å². The van der Waals surface area contributed by atoms with E-state index in [4.69, 9.17) is 0 Å². The van der Waals surface area contributed by atoms with Crippen LogP contribution in [0.15, 0.2) is 65.5 Å². The summed E-state index contributed by atoms with van der Waals surface area (Å²) in [6, 6.07) is 17.3. The lowest BCUT2D eigenvalue weighted by molar-refractivity contribution is 0.312. The second-order valence-corrected chi connectivity index (χ2v) is 10.1. The fourth-order valence-corrected chi connectivity index (χ4v) is 5.42. The lowest BCUT2D eigenvalue weighted by Crippen LogP contribution is -2.48. The minimum Gasteiger partial charge on any atom is -0.307 e. The van der Waals surface area contributed by atoms with E-state index in [1.807, 2.05) is 49.4 Å². The smallest absolute Gasteiger partial charge is 0.254 e. The Kier molecular flexibility index (Phi) is 6.31. The number of fused-ring (bicyclic) bond motifs is 1. The number of nitrogens with one attached hydrogen (secondary N) is 1. The molecular formula is C25H27FN2O3S. The van der Waals surface area contributed by atoms with Crippen molar-refractivity contribution in [1.82, 2.24) is 9.29 Å². The molecule has 1 aliphatic heterocycles. The zero-order valence-electron chi connectivity index (χ0n) is 18.2. The van der Waals surface area contributed by atoms with Crippen LogP contribution < -0.4 is 10.3 Å². The highest BCUT2D eigenvalue weighted by atomic mass is 32.2. The van der Waals surface area contributed by atoms with Crippen molar-refractivity contribution in [3.63, 3.8) is 0 Å². The Labute approximate surface area is 188 Å². The molecule has 7 heteroatoms. The quantitative estimate of drug-likeness (QED) is 0.615. The summed E-state index contributed by atoms with van der Waals surface area (Å²) in [6.45, 7) is 1.91. The van der Waals surface area contributed by atoms with Crippen molar-refractivity contribution in [2.24, 2.45) is 0 Å². The summed E-state index contributed by atoms with van der Waals surface area (Å²) in [5.74, 6) is -0.344. The minimum absolute atomic E-state index is 0.130. The van der Waals surface area contributed by atoms with Crippen LogP contribution in [0.25, 0.3) is 11.1 Å². The first-order valence-electron chi connectivity index (χ1n) is 10.8. The summed E-state index contributed by atoms with van der Waals surface area (Å²) in [5, 5.41) is 0. The lowest BCUT2D eigenvalue weighted by Gasteiger charge is -2.36. The van der Waals surface area contributed by atoms with E-state index in [0.29, 0.717) is 36.0 Å². The molecule has 0 spiro atoms. The van der Waals surface area contributed by atoms with E-state index in [1.54, 1.807) is 22.8 Å². The average Bonchev–Trinajstić information content (AvgIpc) is 2.76. The highest BCUT2D eigenvalue weighted by Crippen LogP contribution is 2.31. The second kappa shape index (κ2) is 9.00. The van der Waals surface area contributed by atoms with Crippen molar-refractivity contribution in [2.75, 3.05) is 6.26 Å². The van der Waals surface area contributed by atoms with Crippen LogP contribution in [0.3, 0.4) is 0 Å². The lowest BCUT2D eigenvalue weighted by atomic mass is 9.89. The van der Waals surface area contributed by atoms with Gasteiger partial charge in [-0.05, 0) is 42.9 Å². The maximum absolute atomic E-state index is 15.6. The van der Waals surface area contributed by atoms with Crippen LogP contribution in [0.5, 0.6) is 0 Å². The van der Waals surface area contributed by atoms with Crippen LogP contribution in [-0.2, 0) is 29.3 Å². The van der Waals surface area contributed by atoms with Gasteiger partial charge in [-0.15, -0.1) is 0 Å². The number of benzene rings is 2. The molecule has 1 aliphatic rings. The van der Waals surface area contributed by atoms with Crippen LogP contribution in [0.2, 0.25) is 0 Å². The van der Waals surface area contributed by atoms with Crippen molar-refractivity contribution in [2.45, 2.75) is 44.7 Å². The zero-order chi connectivity index (χ0) is 22.9. The molecule has 2 aromatic carbocycles. The van der Waals surface area contributed by atoms with Crippen LogP contribution in [0.4, 0.5) is 4.39 Å². The first-order valence-corrected chi connectivity index (χ1v) is 12.7. The highest BCUT2D eigenvalue weighted by molar-refractivity contribution is 7.88. The normalized spacial score (nSPS) is 18.3. The van der Waals surface area contributed by atoms with Gasteiger partial charge in [0.25, 0.3) is 5.56 Å². The third-order valence-electron chi connectivity index (χ3n) is 6.13. The number of aromatic nitrogens is 1. The maximum atomic E-state index is 15.6. The molecule has 2 heterocycles. The van der Waals surface area contributed by atoms with Gasteiger partial charge in [0, 0.05) is 22.9 Å². The van der Waals surface area contributed by atoms with Crippen molar-refractivity contribution in [1.29, 1.82) is 0 Å². The molecule has 0 bridgehead atoms. The average molecular weight is 455 g/mol. The fraction of sp³-hybridized carbons (Fsp3) is 0.320. The Morgan fingerprint density at radius 2 is 1.78 bits per heavy atom. The highest BCUT2D eigenvalue weighted by Gasteiger charge is 2.33. The molecule has 2 atom stereocenters. The summed E-state index contributed by atoms with van der Waals surface area (Å²) in [6.07, 6.45) is 3.02. The number of halogens is 1. The fourth-order valence-electron chi connectivity index (χ4n) is 4.60. The van der Waals surface area contributed by atoms with E-state index in [9.17, 15) is 13.2 Å². The van der Waals surface area contributed by atoms with Gasteiger partial charge in [0.15, 0.2) is 0 Å². The first-order chi connectivity index (χ1) is 15.3. The number of rotatable bonds is 6. The van der Waals surface area contributed by atoms with E-state index >= 15 is 4.39 Å². The molecule has 4 rings (SSSR count). The summed E-state index contributed by atoms with van der Waals surface area (Å²) < 4.78 is 44.0. The van der Waals surface area contributed by atoms with Crippen LogP contribution in [0.1, 0.15) is 36.2 Å². The molecule has 168 valence electrons. The Balaban J connectivity index is 1.81. The van der Waals surface area contributed by atoms with Gasteiger partial charge in [-0.1, -0.05) is 61.5 Å². The Morgan fingerprint density at radius 3 is 2.47 bits per heavy atom. The molecule has 32 heavy (non-hydrogen) atoms. The van der Waals surface area contributed by atoms with Crippen LogP contribution in [0, 0.1) is 5.82 Å². The monoisotopic (exact) mass is 454 g/mol. The summed E-state index contributed by atoms with van der Waals surface area (Å²) >= 11 is 0. The molecule has 0 aliphatic carbocycles. The van der Waals surface area contributed by atoms with Crippen molar-refractivity contribution < 1.29 is 12.8 Å². The number of hydrogen-bond acceptors (Lipinski definition) is 3. The van der Waals surface area contributed by atoms with Gasteiger partial charge in [0.05, 0.1) is 12.3 Å². The topological polar surface area (TPSA) is 68.2 Å². The standard InChI is InChI=1S/C25H27FN2O3S/c1-3-17-12-13-20-14-15-22(27-32(2,30)31)23(28(20)25(17)29)16-19-10-7-11-21(24(19)26)18-8-5-4-6-9-18/h4-13,22-23,27H,3,14-16H2,1-2H3/t22-,23-/m0/s1. The van der Waals surface area contributed by atoms with Crippen LogP contribution in [-0.4, -0.2) is 25.3 Å². The largest absolute Gasteiger partial charge is 0.307 e. The number of aryl methyl sites for hydroxylation is 2. The van der Waals surface area contributed by atoms with E-state index in [-0.39, 0.29) is 17.8 Å². The van der Waals surface area contributed by atoms with Gasteiger partial charge in [-0.25, -0.2) is 17.5 Å². The zero-order valence-corrected chi connectivity index (χ0v) is 19.0. The number of pyridine rings is 1. The van der Waals surface area contributed by atoms with Crippen LogP contribution >= 0.6 is 0 Å². The predicted molar refractivity (Wildman–Crippen MR) is 125 cm³/mol. The first kappa shape index (κ1) is 22.4. The number of nitrogens with zero attached hydrogens (tertiary/aromatic N) is 1. The Morgan fingerprint density at radius 1 is 1.03 bits per heavy atom. The molecule has 3 aromatic rings. The predicted octanol–water partition coefficient (Wildman–Crippen LogP) is 3.86. The van der Waals surface area contributed by atoms with Crippen molar-refractivity contribution in [3.8, 4) is 11.1 Å². The molecule has 1 N–H and O–H groups in total. The van der Waals surface area contributed by atoms with Gasteiger partial charge < -0.3 is 4.57 Å². The summed E-state index contributed by atoms with van der Waals surface area (Å²) in [4.78, 5) is 13.2. The molecule has 1 aromatic heterocycles. The van der Waals surface area contributed by atoms with Crippen molar-refractivity contribution >= 4 is 10.0 Å². The SMILES string of the molecule is CCc1ccc2n(c1=O)[C@@H](Cc1cccc(-c3ccccc3)c1F)[C@@H](NS(C)(=O)=O)CC2. The molecule has 0 radical (unpaired) electrons. The molecule has 5 nitrogen and oxygen atoms in total. The Hall–Kier alpha value is -2.77. The van der Waals surface area contributed by atoms with Gasteiger partial charge in [0.2, 0.25) is 10.0 Å². The van der Waals surface area contributed by atoms with Gasteiger partial charge in [0.1, 0.15) is 5.82 Å². The number of sulfonamides is 1. The van der Waals surface area contributed by atoms with Crippen molar-refractivity contribution in [3.05, 3.63) is 93.7 Å². The molecule has 0 fully saturated rings. The molecule has 0 saturated heterocycles. The molecule has 0 saturated carbocycles.